The molecule has 3 aromatic rings. The Labute approximate surface area is 126 Å². The minimum Gasteiger partial charge on any atom is -0.464 e. The Bertz CT molecular complexity index is 779. The molecule has 0 radical (unpaired) electrons. The number of furan rings is 1. The predicted octanol–water partition coefficient (Wildman–Crippen LogP) is 3.46. The molecule has 0 bridgehead atoms. The predicted molar refractivity (Wildman–Crippen MR) is 85.5 cm³/mol. The minimum atomic E-state index is -1.10. The summed E-state index contributed by atoms with van der Waals surface area (Å²) in [5.74, 6) is 2.02. The minimum absolute atomic E-state index is 0.405. The molecule has 1 heterocycles. The molecule has 3 rings (SSSR count). The van der Waals surface area contributed by atoms with Crippen molar-refractivity contribution in [2.45, 2.75) is 17.2 Å². The van der Waals surface area contributed by atoms with Crippen LogP contribution in [0.3, 0.4) is 0 Å². The van der Waals surface area contributed by atoms with Crippen LogP contribution in [0, 0.1) is 0 Å². The standard InChI is InChI=1S/C17H17NO2S/c1-18-11-15-7-8-16(20-15)12-21(19)17-9-6-13-4-2-3-5-14(13)10-17/h2-10,18H,11-12H2,1H3. The maximum atomic E-state index is 12.5. The summed E-state index contributed by atoms with van der Waals surface area (Å²) in [4.78, 5) is 0.834. The Morgan fingerprint density at radius 2 is 1.76 bits per heavy atom. The van der Waals surface area contributed by atoms with Crippen molar-refractivity contribution >= 4 is 21.6 Å². The van der Waals surface area contributed by atoms with Crippen molar-refractivity contribution in [2.75, 3.05) is 7.05 Å². The van der Waals surface area contributed by atoms with Gasteiger partial charge in [-0.2, -0.15) is 0 Å². The van der Waals surface area contributed by atoms with Crippen LogP contribution < -0.4 is 5.32 Å². The first-order chi connectivity index (χ1) is 10.3. The van der Waals surface area contributed by atoms with Crippen LogP contribution in [0.15, 0.2) is 63.9 Å². The lowest BCUT2D eigenvalue weighted by Gasteiger charge is -2.03. The molecule has 0 saturated heterocycles. The molecule has 21 heavy (non-hydrogen) atoms. The fourth-order valence-corrected chi connectivity index (χ4v) is 3.35. The molecule has 2 aromatic carbocycles. The van der Waals surface area contributed by atoms with Gasteiger partial charge in [0.25, 0.3) is 0 Å². The van der Waals surface area contributed by atoms with Gasteiger partial charge in [-0.1, -0.05) is 30.3 Å². The van der Waals surface area contributed by atoms with Gasteiger partial charge in [0.1, 0.15) is 11.5 Å². The van der Waals surface area contributed by atoms with Gasteiger partial charge in [-0.15, -0.1) is 0 Å². The molecular formula is C17H17NO2S. The summed E-state index contributed by atoms with van der Waals surface area (Å²) in [7, 11) is 0.775. The molecule has 1 N–H and O–H groups in total. The van der Waals surface area contributed by atoms with E-state index in [-0.39, 0.29) is 0 Å². The van der Waals surface area contributed by atoms with Crippen LogP contribution in [0.4, 0.5) is 0 Å². The van der Waals surface area contributed by atoms with E-state index in [2.05, 4.69) is 11.4 Å². The van der Waals surface area contributed by atoms with Gasteiger partial charge in [0.05, 0.1) is 23.1 Å². The molecule has 0 fully saturated rings. The average Bonchev–Trinajstić information content (AvgIpc) is 2.94. The van der Waals surface area contributed by atoms with E-state index >= 15 is 0 Å². The molecule has 3 nitrogen and oxygen atoms in total. The zero-order chi connectivity index (χ0) is 14.7. The summed E-state index contributed by atoms with van der Waals surface area (Å²) in [5, 5.41) is 5.30. The summed E-state index contributed by atoms with van der Waals surface area (Å²) >= 11 is 0. The third kappa shape index (κ3) is 3.23. The van der Waals surface area contributed by atoms with Crippen molar-refractivity contribution in [1.82, 2.24) is 5.32 Å². The van der Waals surface area contributed by atoms with E-state index in [1.807, 2.05) is 55.6 Å². The lowest BCUT2D eigenvalue weighted by Crippen LogP contribution is -2.03. The van der Waals surface area contributed by atoms with Crippen molar-refractivity contribution in [3.05, 3.63) is 66.1 Å². The largest absolute Gasteiger partial charge is 0.464 e. The second-order valence-electron chi connectivity index (χ2n) is 4.90. The van der Waals surface area contributed by atoms with E-state index < -0.39 is 10.8 Å². The van der Waals surface area contributed by atoms with Gasteiger partial charge in [-0.3, -0.25) is 4.21 Å². The summed E-state index contributed by atoms with van der Waals surface area (Å²) in [6, 6.07) is 17.8. The second kappa shape index (κ2) is 6.24. The summed E-state index contributed by atoms with van der Waals surface area (Å²) in [6.07, 6.45) is 0. The highest BCUT2D eigenvalue weighted by molar-refractivity contribution is 7.84. The molecule has 0 saturated carbocycles. The van der Waals surface area contributed by atoms with Crippen LogP contribution in [-0.2, 0) is 23.1 Å². The van der Waals surface area contributed by atoms with Crippen LogP contribution in [0.5, 0.6) is 0 Å². The fraction of sp³-hybridized carbons (Fsp3) is 0.176. The second-order valence-corrected chi connectivity index (χ2v) is 6.35. The first-order valence-electron chi connectivity index (χ1n) is 6.85. The summed E-state index contributed by atoms with van der Waals surface area (Å²) in [5.41, 5.74) is 0. The van der Waals surface area contributed by atoms with Gasteiger partial charge in [-0.05, 0) is 42.1 Å². The summed E-state index contributed by atoms with van der Waals surface area (Å²) < 4.78 is 18.1. The molecule has 4 heteroatoms. The van der Waals surface area contributed by atoms with E-state index in [4.69, 9.17) is 4.42 Å². The number of benzene rings is 2. The van der Waals surface area contributed by atoms with Gasteiger partial charge < -0.3 is 9.73 Å². The molecule has 0 aliphatic heterocycles. The van der Waals surface area contributed by atoms with Gasteiger partial charge in [0, 0.05) is 4.90 Å². The Morgan fingerprint density at radius 3 is 2.57 bits per heavy atom. The fourth-order valence-electron chi connectivity index (χ4n) is 2.29. The molecule has 0 aliphatic rings. The van der Waals surface area contributed by atoms with Gasteiger partial charge in [0.2, 0.25) is 0 Å². The summed E-state index contributed by atoms with van der Waals surface area (Å²) in [6.45, 7) is 0.683. The monoisotopic (exact) mass is 299 g/mol. The van der Waals surface area contributed by atoms with Crippen LogP contribution >= 0.6 is 0 Å². The Hall–Kier alpha value is -1.91. The number of nitrogens with one attached hydrogen (secondary N) is 1. The van der Waals surface area contributed by atoms with E-state index in [0.29, 0.717) is 12.3 Å². The number of hydrogen-bond acceptors (Lipinski definition) is 3. The van der Waals surface area contributed by atoms with Crippen molar-refractivity contribution in [3.63, 3.8) is 0 Å². The third-order valence-electron chi connectivity index (χ3n) is 3.33. The Morgan fingerprint density at radius 1 is 1.00 bits per heavy atom. The average molecular weight is 299 g/mol. The number of rotatable bonds is 5. The van der Waals surface area contributed by atoms with Crippen molar-refractivity contribution in [2.24, 2.45) is 0 Å². The first-order valence-corrected chi connectivity index (χ1v) is 8.17. The van der Waals surface area contributed by atoms with E-state index in [0.717, 1.165) is 27.2 Å². The third-order valence-corrected chi connectivity index (χ3v) is 4.65. The van der Waals surface area contributed by atoms with Crippen LogP contribution in [0.2, 0.25) is 0 Å². The molecule has 1 aromatic heterocycles. The highest BCUT2D eigenvalue weighted by Gasteiger charge is 2.09. The molecule has 1 atom stereocenters. The van der Waals surface area contributed by atoms with Gasteiger partial charge in [0.15, 0.2) is 0 Å². The van der Waals surface area contributed by atoms with Crippen LogP contribution in [-0.4, -0.2) is 11.3 Å². The highest BCUT2D eigenvalue weighted by atomic mass is 32.2. The van der Waals surface area contributed by atoms with Crippen molar-refractivity contribution in [3.8, 4) is 0 Å². The number of hydrogen-bond donors (Lipinski definition) is 1. The molecule has 0 aliphatic carbocycles. The SMILES string of the molecule is CNCc1ccc(CS(=O)c2ccc3ccccc3c2)o1. The van der Waals surface area contributed by atoms with E-state index in [1.54, 1.807) is 0 Å². The highest BCUT2D eigenvalue weighted by Crippen LogP contribution is 2.20. The quantitative estimate of drug-likeness (QED) is 0.784. The lowest BCUT2D eigenvalue weighted by molar-refractivity contribution is 0.467. The molecule has 108 valence electrons. The van der Waals surface area contributed by atoms with Crippen LogP contribution in [0.1, 0.15) is 11.5 Å². The zero-order valence-corrected chi connectivity index (χ0v) is 12.7. The maximum absolute atomic E-state index is 12.5. The molecule has 1 unspecified atom stereocenters. The van der Waals surface area contributed by atoms with Gasteiger partial charge >= 0.3 is 0 Å². The zero-order valence-electron chi connectivity index (χ0n) is 11.8. The van der Waals surface area contributed by atoms with Gasteiger partial charge in [-0.25, -0.2) is 0 Å². The maximum Gasteiger partial charge on any atom is 0.117 e. The van der Waals surface area contributed by atoms with E-state index in [1.165, 1.54) is 0 Å². The normalized spacial score (nSPS) is 12.6. The smallest absolute Gasteiger partial charge is 0.117 e. The molecule has 0 spiro atoms. The van der Waals surface area contributed by atoms with Crippen molar-refractivity contribution in [1.29, 1.82) is 0 Å². The molecule has 0 amide bonds. The molecular weight excluding hydrogens is 282 g/mol. The lowest BCUT2D eigenvalue weighted by atomic mass is 10.1. The topological polar surface area (TPSA) is 42.2 Å². The van der Waals surface area contributed by atoms with E-state index in [9.17, 15) is 4.21 Å². The van der Waals surface area contributed by atoms with Crippen molar-refractivity contribution < 1.29 is 8.63 Å². The Balaban J connectivity index is 1.79. The first kappa shape index (κ1) is 14.0. The number of fused-ring (bicyclic) bond motifs is 1. The van der Waals surface area contributed by atoms with Crippen LogP contribution in [0.25, 0.3) is 10.8 Å². The Kier molecular flexibility index (Phi) is 4.18.